The molecule has 0 spiro atoms. The number of nitrogens with one attached hydrogen (secondary N) is 1. The molecule has 0 saturated carbocycles. The number of nitrogens with zero attached hydrogens (tertiary/aromatic N) is 7. The first-order valence-electron chi connectivity index (χ1n) is 14.0. The number of hydrogen-bond donors (Lipinski definition) is 1. The summed E-state index contributed by atoms with van der Waals surface area (Å²) in [5, 5.41) is 15.1. The fourth-order valence-corrected chi connectivity index (χ4v) is 4.32. The van der Waals surface area contributed by atoms with Crippen LogP contribution in [0.25, 0.3) is 16.7 Å². The summed E-state index contributed by atoms with van der Waals surface area (Å²) in [4.78, 5) is 43.7. The number of imidazole rings is 1. The van der Waals surface area contributed by atoms with Crippen LogP contribution in [0.5, 0.6) is 0 Å². The van der Waals surface area contributed by atoms with Gasteiger partial charge in [0.05, 0.1) is 36.3 Å². The lowest BCUT2D eigenvalue weighted by Crippen LogP contribution is -2.34. The molecule has 0 fully saturated rings. The van der Waals surface area contributed by atoms with Crippen molar-refractivity contribution in [3.05, 3.63) is 40.8 Å². The lowest BCUT2D eigenvalue weighted by atomic mass is 10.1. The first kappa shape index (κ1) is 33.4. The van der Waals surface area contributed by atoms with Gasteiger partial charge in [-0.3, -0.25) is 10.2 Å². The van der Waals surface area contributed by atoms with Crippen molar-refractivity contribution in [2.24, 2.45) is 7.05 Å². The second kappa shape index (κ2) is 12.9. The summed E-state index contributed by atoms with van der Waals surface area (Å²) in [6, 6.07) is 5.01. The minimum atomic E-state index is -0.719. The maximum atomic E-state index is 13.1. The molecule has 1 N–H and O–H groups in total. The fourth-order valence-electron chi connectivity index (χ4n) is 4.14. The Hall–Kier alpha value is -4.50. The van der Waals surface area contributed by atoms with Gasteiger partial charge >= 0.3 is 18.2 Å². The van der Waals surface area contributed by atoms with E-state index in [1.165, 1.54) is 28.7 Å². The fraction of sp³-hybridized carbons (Fsp3) is 0.483. The van der Waals surface area contributed by atoms with E-state index in [-0.39, 0.29) is 29.7 Å². The van der Waals surface area contributed by atoms with Crippen molar-refractivity contribution >= 4 is 57.8 Å². The van der Waals surface area contributed by atoms with Gasteiger partial charge in [0.25, 0.3) is 0 Å². The molecule has 0 radical (unpaired) electrons. The van der Waals surface area contributed by atoms with Gasteiger partial charge in [-0.25, -0.2) is 28.6 Å². The van der Waals surface area contributed by atoms with Crippen LogP contribution in [0.15, 0.2) is 24.4 Å². The van der Waals surface area contributed by atoms with E-state index in [9.17, 15) is 14.4 Å². The molecule has 45 heavy (non-hydrogen) atoms. The van der Waals surface area contributed by atoms with Crippen molar-refractivity contribution in [1.82, 2.24) is 29.6 Å². The van der Waals surface area contributed by atoms with Gasteiger partial charge < -0.3 is 18.9 Å². The van der Waals surface area contributed by atoms with Crippen molar-refractivity contribution in [3.63, 3.8) is 0 Å². The van der Waals surface area contributed by atoms with Gasteiger partial charge in [0, 0.05) is 20.2 Å². The molecule has 15 nitrogen and oxygen atoms in total. The second-order valence-electron chi connectivity index (χ2n) is 12.4. The molecular formula is C29H37ClN8O7. The van der Waals surface area contributed by atoms with Gasteiger partial charge in [-0.2, -0.15) is 5.10 Å². The Labute approximate surface area is 264 Å². The maximum absolute atomic E-state index is 13.1. The zero-order valence-electron chi connectivity index (χ0n) is 26.7. The highest BCUT2D eigenvalue weighted by atomic mass is 35.5. The Morgan fingerprint density at radius 2 is 1.76 bits per heavy atom. The number of anilines is 2. The van der Waals surface area contributed by atoms with Crippen molar-refractivity contribution in [1.29, 1.82) is 0 Å². The lowest BCUT2D eigenvalue weighted by Gasteiger charge is -2.24. The molecule has 0 aliphatic carbocycles. The number of rotatable bonds is 8. The number of carbonyl (C=O) groups excluding carboxylic acids is 3. The quantitative estimate of drug-likeness (QED) is 0.199. The van der Waals surface area contributed by atoms with E-state index in [0.29, 0.717) is 22.4 Å². The molecule has 1 aromatic carbocycles. The highest BCUT2D eigenvalue weighted by Gasteiger charge is 2.26. The summed E-state index contributed by atoms with van der Waals surface area (Å²) in [7, 11) is 3.24. The summed E-state index contributed by atoms with van der Waals surface area (Å²) in [6.07, 6.45) is -0.624. The third kappa shape index (κ3) is 8.36. The Bertz CT molecular complexity index is 1740. The maximum Gasteiger partial charge on any atom is 0.414 e. The molecule has 4 rings (SSSR count). The van der Waals surface area contributed by atoms with Crippen LogP contribution in [0.3, 0.4) is 0 Å². The van der Waals surface area contributed by atoms with E-state index in [4.69, 9.17) is 30.5 Å². The third-order valence-electron chi connectivity index (χ3n) is 6.00. The van der Waals surface area contributed by atoms with Crippen LogP contribution in [-0.2, 0) is 32.6 Å². The number of carbonyl (C=O) groups is 3. The molecule has 0 saturated heterocycles. The number of amides is 2. The summed E-state index contributed by atoms with van der Waals surface area (Å²) >= 11 is 6.23. The monoisotopic (exact) mass is 644 g/mol. The van der Waals surface area contributed by atoms with Crippen molar-refractivity contribution in [2.45, 2.75) is 72.4 Å². The number of fused-ring (bicyclic) bond motifs is 2. The normalized spacial score (nSPS) is 12.7. The van der Waals surface area contributed by atoms with Gasteiger partial charge in [0.2, 0.25) is 0 Å². The highest BCUT2D eigenvalue weighted by Crippen LogP contribution is 2.27. The number of benzene rings is 1. The number of hydrogen-bond acceptors (Lipinski definition) is 11. The summed E-state index contributed by atoms with van der Waals surface area (Å²) in [6.45, 7) is 12.4. The number of aryl methyl sites for hydroxylation is 1. The van der Waals surface area contributed by atoms with Gasteiger partial charge in [-0.15, -0.1) is 5.10 Å². The van der Waals surface area contributed by atoms with Gasteiger partial charge in [0.1, 0.15) is 22.8 Å². The first-order chi connectivity index (χ1) is 20.9. The average Bonchev–Trinajstić information content (AvgIpc) is 3.49. The molecule has 0 aliphatic rings. The minimum Gasteiger partial charge on any atom is -0.455 e. The van der Waals surface area contributed by atoms with Crippen LogP contribution in [0.1, 0.15) is 64.5 Å². The molecule has 4 aromatic rings. The van der Waals surface area contributed by atoms with Crippen LogP contribution in [-0.4, -0.2) is 78.7 Å². The van der Waals surface area contributed by atoms with Crippen LogP contribution >= 0.6 is 11.6 Å². The second-order valence-corrected chi connectivity index (χ2v) is 12.7. The third-order valence-corrected chi connectivity index (χ3v) is 6.18. The van der Waals surface area contributed by atoms with Crippen LogP contribution < -0.4 is 10.2 Å². The van der Waals surface area contributed by atoms with E-state index in [1.807, 2.05) is 6.07 Å². The van der Waals surface area contributed by atoms with Crippen LogP contribution in [0.4, 0.5) is 21.0 Å². The van der Waals surface area contributed by atoms with Crippen molar-refractivity contribution < 1.29 is 33.3 Å². The lowest BCUT2D eigenvalue weighted by molar-refractivity contribution is -0.00230. The van der Waals surface area contributed by atoms with Crippen LogP contribution in [0.2, 0.25) is 5.15 Å². The Kier molecular flexibility index (Phi) is 9.54. The number of ether oxygens (including phenoxy) is 4. The molecular weight excluding hydrogens is 608 g/mol. The van der Waals surface area contributed by atoms with Crippen molar-refractivity contribution in [3.8, 4) is 0 Å². The average molecular weight is 645 g/mol. The van der Waals surface area contributed by atoms with Crippen LogP contribution in [0, 0.1) is 0 Å². The molecule has 2 amide bonds. The standard InChI is InChI=1S/C29H37ClN8O7/c1-16(14-42-15-17-10-18(32-26(40)44-28(2,3)4)23-19(11-17)37(9)35-33-23)43-25(39)21-13-31-24-20(12-22(30)34-38(21)24)36(8)27(41)45-29(5,6)7/h10-13,16H,14-15H2,1-9H3,(H,32,40)/t16-/m1/s1. The molecule has 242 valence electrons. The van der Waals surface area contributed by atoms with Gasteiger partial charge in [0.15, 0.2) is 16.5 Å². The van der Waals surface area contributed by atoms with E-state index in [1.54, 1.807) is 66.3 Å². The molecule has 0 bridgehead atoms. The summed E-state index contributed by atoms with van der Waals surface area (Å²) in [5.41, 5.74) is 1.43. The summed E-state index contributed by atoms with van der Waals surface area (Å²) < 4.78 is 25.0. The number of aromatic nitrogens is 6. The smallest absolute Gasteiger partial charge is 0.414 e. The largest absolute Gasteiger partial charge is 0.455 e. The summed E-state index contributed by atoms with van der Waals surface area (Å²) in [5.74, 6) is -0.717. The van der Waals surface area contributed by atoms with Crippen molar-refractivity contribution in [2.75, 3.05) is 23.9 Å². The minimum absolute atomic E-state index is 0.00482. The predicted octanol–water partition coefficient (Wildman–Crippen LogP) is 5.14. The molecule has 0 unspecified atom stereocenters. The molecule has 3 aromatic heterocycles. The number of esters is 1. The molecule has 3 heterocycles. The van der Waals surface area contributed by atoms with E-state index < -0.39 is 35.5 Å². The van der Waals surface area contributed by atoms with E-state index >= 15 is 0 Å². The molecule has 0 aliphatic heterocycles. The van der Waals surface area contributed by atoms with Gasteiger partial charge in [-0.1, -0.05) is 16.8 Å². The Morgan fingerprint density at radius 3 is 2.42 bits per heavy atom. The van der Waals surface area contributed by atoms with Gasteiger partial charge in [-0.05, 0) is 66.2 Å². The topological polar surface area (TPSA) is 164 Å². The highest BCUT2D eigenvalue weighted by molar-refractivity contribution is 6.29. The zero-order chi connectivity index (χ0) is 33.3. The Balaban J connectivity index is 1.42. The predicted molar refractivity (Wildman–Crippen MR) is 166 cm³/mol. The molecule has 16 heteroatoms. The first-order valence-corrected chi connectivity index (χ1v) is 14.4. The molecule has 1 atom stereocenters. The van der Waals surface area contributed by atoms with E-state index in [0.717, 1.165) is 5.56 Å². The van der Waals surface area contributed by atoms with E-state index in [2.05, 4.69) is 25.7 Å². The zero-order valence-corrected chi connectivity index (χ0v) is 27.4. The number of halogens is 1. The SMILES string of the molecule is C[C@H](COCc1cc(NC(=O)OC(C)(C)C)c2nnn(C)c2c1)OC(=O)c1cnc2c(N(C)C(=O)OC(C)(C)C)cc(Cl)nn12. The Morgan fingerprint density at radius 1 is 1.07 bits per heavy atom.